The highest BCUT2D eigenvalue weighted by molar-refractivity contribution is 6.33. The molecule has 133 heavy (non-hydrogen) atoms. The average Bonchev–Trinajstić information content (AvgIpc) is 0.848. The van der Waals surface area contributed by atoms with Crippen molar-refractivity contribution in [1.82, 2.24) is 31.9 Å². The number of hydrogen-bond donors (Lipinski definition) is 7. The summed E-state index contributed by atoms with van der Waals surface area (Å²) in [5.41, 5.74) is 4.63. The zero-order chi connectivity index (χ0) is 97.5. The van der Waals surface area contributed by atoms with Crippen LogP contribution in [0.1, 0.15) is 201 Å². The van der Waals surface area contributed by atoms with Crippen LogP contribution in [0.3, 0.4) is 0 Å². The lowest BCUT2D eigenvalue weighted by atomic mass is 9.83. The molecule has 0 aromatic heterocycles. The van der Waals surface area contributed by atoms with Gasteiger partial charge in [0.05, 0.1) is 15.5 Å². The van der Waals surface area contributed by atoms with Crippen LogP contribution < -0.4 is 51.8 Å². The number of nitrogens with zero attached hydrogens (tertiary/aromatic N) is 1. The van der Waals surface area contributed by atoms with Crippen molar-refractivity contribution in [3.8, 4) is 17.2 Å². The number of nitrogens with one attached hydrogen (secondary N) is 6. The summed E-state index contributed by atoms with van der Waals surface area (Å²) < 4.78 is 50.5. The molecule has 6 saturated heterocycles. The number of primary amides is 1. The molecule has 8 N–H and O–H groups in total. The quantitative estimate of drug-likeness (QED) is 0.00754. The van der Waals surface area contributed by atoms with Gasteiger partial charge in [0.2, 0.25) is 0 Å². The Bertz CT molecular complexity index is 4810. The fourth-order valence-electron chi connectivity index (χ4n) is 16.5. The van der Waals surface area contributed by atoms with Crippen LogP contribution in [-0.2, 0) is 57.2 Å². The summed E-state index contributed by atoms with van der Waals surface area (Å²) in [6.07, 6.45) is 19.9. The van der Waals surface area contributed by atoms with Gasteiger partial charge < -0.3 is 80.3 Å². The fraction of sp³-hybridized carbons (Fsp3) is 0.520. The minimum atomic E-state index is -0.694. The first-order valence-corrected chi connectivity index (χ1v) is 47.8. The number of esters is 6. The lowest BCUT2D eigenvalue weighted by Gasteiger charge is -2.37. The fourth-order valence-corrected chi connectivity index (χ4v) is 17.4. The summed E-state index contributed by atoms with van der Waals surface area (Å²) in [4.78, 5) is 94.4. The second-order valence-electron chi connectivity index (χ2n) is 36.9. The smallest absolute Gasteiger partial charge is 0.347 e. The molecule has 0 spiro atoms. The topological polar surface area (TPSA) is 344 Å². The highest BCUT2D eigenvalue weighted by Gasteiger charge is 2.41. The average molecular weight is 1940 g/mol. The molecule has 6 aliphatic rings. The second kappa shape index (κ2) is 54.5. The molecule has 0 saturated carbocycles. The van der Waals surface area contributed by atoms with Gasteiger partial charge in [0.1, 0.15) is 55.9 Å². The van der Waals surface area contributed by atoms with Crippen molar-refractivity contribution < 1.29 is 81.1 Å². The van der Waals surface area contributed by atoms with E-state index in [9.17, 15) is 43.7 Å². The number of ether oxygens (including phenoxy) is 9. The Morgan fingerprint density at radius 1 is 0.391 bits per heavy atom. The Hall–Kier alpha value is -9.16. The van der Waals surface area contributed by atoms with Gasteiger partial charge in [0, 0.05) is 74.9 Å². The monoisotopic (exact) mass is 1940 g/mol. The van der Waals surface area contributed by atoms with Crippen LogP contribution in [0.15, 0.2) is 158 Å². The van der Waals surface area contributed by atoms with E-state index in [2.05, 4.69) is 31.9 Å². The molecular weight excluding hydrogens is 1800 g/mol. The van der Waals surface area contributed by atoms with Crippen molar-refractivity contribution in [1.29, 1.82) is 0 Å². The van der Waals surface area contributed by atoms with E-state index < -0.39 is 68.6 Å². The number of carbonyl (C=O) groups is 7. The molecule has 6 fully saturated rings. The van der Waals surface area contributed by atoms with E-state index in [1.165, 1.54) is 36.4 Å². The largest absolute Gasteiger partial charge is 0.481 e. The Balaban J connectivity index is 0.000000218. The van der Waals surface area contributed by atoms with Gasteiger partial charge in [-0.2, -0.15) is 0 Å². The maximum atomic E-state index is 12.3. The van der Waals surface area contributed by atoms with Gasteiger partial charge in [-0.05, 0) is 354 Å². The van der Waals surface area contributed by atoms with Crippen molar-refractivity contribution >= 4 is 124 Å². The molecule has 1 amide bonds. The maximum absolute atomic E-state index is 12.3. The van der Waals surface area contributed by atoms with Gasteiger partial charge in [0.25, 0.3) is 11.6 Å². The second-order valence-corrected chi connectivity index (χ2v) is 39.0. The third-order valence-corrected chi connectivity index (χ3v) is 26.1. The molecule has 6 aromatic rings. The van der Waals surface area contributed by atoms with Crippen molar-refractivity contribution in [3.63, 3.8) is 0 Å². The summed E-state index contributed by atoms with van der Waals surface area (Å²) in [5.74, 6) is 0.691. The number of hydrogen-bond acceptors (Lipinski definition) is 24. The zero-order valence-corrected chi connectivity index (χ0v) is 83.1. The number of nitro benzene ring substituents is 1. The van der Waals surface area contributed by atoms with Gasteiger partial charge in [-0.1, -0.05) is 125 Å². The Labute approximate surface area is 810 Å². The number of nitro groups is 1. The number of nitrogens with two attached hydrogens (primary N) is 1. The van der Waals surface area contributed by atoms with E-state index in [0.29, 0.717) is 72.7 Å². The van der Waals surface area contributed by atoms with Crippen molar-refractivity contribution in [3.05, 3.63) is 215 Å². The highest BCUT2D eigenvalue weighted by Crippen LogP contribution is 2.37. The van der Waals surface area contributed by atoms with Gasteiger partial charge in [-0.15, -0.1) is 0 Å². The lowest BCUT2D eigenvalue weighted by Crippen LogP contribution is -2.44. The molecule has 6 heterocycles. The molecule has 6 aromatic carbocycles. The van der Waals surface area contributed by atoms with E-state index in [1.807, 2.05) is 132 Å². The first-order valence-electron chi connectivity index (χ1n) is 45.9. The van der Waals surface area contributed by atoms with E-state index >= 15 is 0 Å². The number of rotatable bonds is 29. The number of carbonyl (C=O) groups excluding carboxylic acids is 7. The third-order valence-electron chi connectivity index (χ3n) is 24.7. The highest BCUT2D eigenvalue weighted by atomic mass is 35.5. The number of piperidine rings is 6. The Morgan fingerprint density at radius 3 is 1.13 bits per heavy atom. The normalized spacial score (nSPS) is 17.0. The molecule has 6 aliphatic heterocycles. The van der Waals surface area contributed by atoms with Crippen LogP contribution >= 0.6 is 58.0 Å². The van der Waals surface area contributed by atoms with Crippen LogP contribution in [0.5, 0.6) is 17.2 Å². The molecule has 31 heteroatoms. The van der Waals surface area contributed by atoms with Gasteiger partial charge >= 0.3 is 35.8 Å². The first kappa shape index (κ1) is 111. The summed E-state index contributed by atoms with van der Waals surface area (Å²) in [7, 11) is 0. The molecule has 728 valence electrons. The zero-order valence-electron chi connectivity index (χ0n) is 79.3. The number of amides is 1. The van der Waals surface area contributed by atoms with Crippen LogP contribution in [-0.4, -0.2) is 178 Å². The SMILES string of the molecule is CC(C)(OC(=O)/C=C/c1ccc(Cl)c([N+](=O)[O-])c1)C1CCNCC1.CC(C)(OC(=O)/C=C/c1cccc(Cl)c1)C1CCNCC1.CC(C)(OC(=O)/C=C/c1ccccc1Cl)C1CCNCC1.CC(C)(OC(=O)COc1ccccc1C(N)=O)C1CCNCC1.CC(Oc1cccc(Cl)c1)C(=O)OC(C)(C)C1CCNCC1.CC(Oc1ccccc1Cl)C(=O)OC(C)(C)C1CCNCC1. The lowest BCUT2D eigenvalue weighted by molar-refractivity contribution is -0.384. The molecule has 12 rings (SSSR count). The number of halogens is 5. The van der Waals surface area contributed by atoms with Gasteiger partial charge in [-0.25, -0.2) is 28.8 Å². The number of para-hydroxylation sites is 2. The standard InChI is InChI=1S/C17H21ClN2O4.2C17H24ClNO3.2C17H22ClNO2.C17H24N2O4/c1-17(2,13-7-9-19-10-8-13)24-16(21)6-4-12-3-5-14(18)15(11-12)20(22)23;1-12(21-15-6-4-5-14(18)11-15)16(20)22-17(2,3)13-7-9-19-10-8-13;1-12(21-15-7-5-4-6-14(15)18)16(20)22-17(2,3)13-8-10-19-11-9-13;1-17(2,14-8-10-19-11-9-14)21-16(20)7-6-13-4-3-5-15(18)12-13;1-17(2,14-9-11-19-12-10-14)21-16(20)8-7-13-5-3-4-6-15(13)18;1-17(2,12-7-9-19-10-8-12)23-15(20)11-22-14-6-4-3-5-13(14)16(18)21/h3-6,11,13,19H,7-10H2,1-2H3;4-6,11-13,19H,7-10H2,1-3H3;4-7,12-13,19H,8-11H2,1-3H3;3-7,12,14,19H,8-11H2,1-2H3;3-8,14,19H,9-12H2,1-2H3;3-6,12,19H,7-11H2,1-2H3,(H2,18,21)/b6-4+;;;7-6+;8-7+;. The summed E-state index contributed by atoms with van der Waals surface area (Å²) in [6.45, 7) is 38.3. The van der Waals surface area contributed by atoms with Crippen molar-refractivity contribution in [2.24, 2.45) is 41.2 Å². The summed E-state index contributed by atoms with van der Waals surface area (Å²) in [6, 6.07) is 39.8. The van der Waals surface area contributed by atoms with Gasteiger partial charge in [0.15, 0.2) is 18.8 Å². The maximum Gasteiger partial charge on any atom is 0.347 e. The molecule has 2 unspecified atom stereocenters. The van der Waals surface area contributed by atoms with Gasteiger partial charge in [-0.3, -0.25) is 14.9 Å². The Kier molecular flexibility index (Phi) is 45.5. The summed E-state index contributed by atoms with van der Waals surface area (Å²) >= 11 is 29.7. The molecule has 0 radical (unpaired) electrons. The van der Waals surface area contributed by atoms with Crippen LogP contribution in [0, 0.1) is 45.6 Å². The minimum Gasteiger partial charge on any atom is -0.481 e. The summed E-state index contributed by atoms with van der Waals surface area (Å²) in [5, 5.41) is 33.2. The number of benzene rings is 6. The van der Waals surface area contributed by atoms with Crippen LogP contribution in [0.2, 0.25) is 25.1 Å². The van der Waals surface area contributed by atoms with Crippen molar-refractivity contribution in [2.45, 2.75) is 220 Å². The molecule has 0 bridgehead atoms. The minimum absolute atomic E-state index is 0.0618. The van der Waals surface area contributed by atoms with E-state index in [-0.39, 0.29) is 52.5 Å². The molecule has 0 aliphatic carbocycles. The molecular formula is C102H137Cl5N8O18. The molecule has 26 nitrogen and oxygen atoms in total. The van der Waals surface area contributed by atoms with Crippen LogP contribution in [0.25, 0.3) is 18.2 Å². The predicted octanol–water partition coefficient (Wildman–Crippen LogP) is 19.3. The van der Waals surface area contributed by atoms with E-state index in [4.69, 9.17) is 106 Å². The van der Waals surface area contributed by atoms with Crippen molar-refractivity contribution in [2.75, 3.05) is 85.1 Å². The predicted molar refractivity (Wildman–Crippen MR) is 526 cm³/mol. The Morgan fingerprint density at radius 2 is 0.737 bits per heavy atom. The molecule has 2 atom stereocenters. The third kappa shape index (κ3) is 38.9. The van der Waals surface area contributed by atoms with Crippen LogP contribution in [0.4, 0.5) is 5.69 Å². The van der Waals surface area contributed by atoms with E-state index in [0.717, 1.165) is 167 Å². The van der Waals surface area contributed by atoms with E-state index in [1.54, 1.807) is 105 Å². The first-order chi connectivity index (χ1) is 62.9.